The molecule has 0 N–H and O–H groups in total. The highest BCUT2D eigenvalue weighted by Gasteiger charge is 2.46. The maximum atomic E-state index is 16.1. The predicted octanol–water partition coefficient (Wildman–Crippen LogP) is 13.7. The van der Waals surface area contributed by atoms with Gasteiger partial charge < -0.3 is 14.3 Å². The number of ether oxygens (including phenoxy) is 2. The second-order valence-electron chi connectivity index (χ2n) is 17.7. The van der Waals surface area contributed by atoms with Gasteiger partial charge in [-0.15, -0.1) is 0 Å². The monoisotopic (exact) mass is 1260 g/mol. The zero-order valence-electron chi connectivity index (χ0n) is 43.9. The van der Waals surface area contributed by atoms with Gasteiger partial charge in [0, 0.05) is 31.3 Å². The molecular formula is C54H40Cl3F12N7O9. The molecule has 16 nitrogen and oxygen atoms in total. The van der Waals surface area contributed by atoms with Crippen molar-refractivity contribution in [2.24, 2.45) is 0 Å². The van der Waals surface area contributed by atoms with Crippen molar-refractivity contribution in [2.45, 2.75) is 19.3 Å². The average molecular weight is 1270 g/mol. The van der Waals surface area contributed by atoms with E-state index in [1.54, 1.807) is 19.1 Å². The van der Waals surface area contributed by atoms with Crippen LogP contribution in [0.4, 0.5) is 73.6 Å². The maximum absolute atomic E-state index is 16.1. The van der Waals surface area contributed by atoms with Crippen LogP contribution < -0.4 is 19.3 Å². The molecule has 0 spiro atoms. The van der Waals surface area contributed by atoms with E-state index in [2.05, 4.69) is 11.4 Å². The van der Waals surface area contributed by atoms with E-state index < -0.39 is 176 Å². The Bertz CT molecular complexity index is 3340. The number of rotatable bonds is 9. The zero-order valence-corrected chi connectivity index (χ0v) is 46.2. The number of anilines is 2. The molecule has 6 aromatic rings. The van der Waals surface area contributed by atoms with Gasteiger partial charge in [0.25, 0.3) is 11.8 Å². The third-order valence-electron chi connectivity index (χ3n) is 11.5. The number of hydrogen-bond donors (Lipinski definition) is 0. The molecule has 6 aromatic carbocycles. The lowest BCUT2D eigenvalue weighted by atomic mass is 10.1. The molecule has 450 valence electrons. The molecule has 8 amide bonds. The van der Waals surface area contributed by atoms with Crippen LogP contribution in [0.3, 0.4) is 0 Å². The molecule has 2 aliphatic heterocycles. The number of carbonyl (C=O) groups excluding carboxylic acids is 6. The molecule has 85 heavy (non-hydrogen) atoms. The highest BCUT2D eigenvalue weighted by atomic mass is 35.5. The van der Waals surface area contributed by atoms with Gasteiger partial charge in [-0.2, -0.15) is 31.4 Å². The maximum Gasteiger partial charge on any atom is 0.416 e. The van der Waals surface area contributed by atoms with Crippen molar-refractivity contribution in [3.05, 3.63) is 188 Å². The molecule has 31 heteroatoms. The Morgan fingerprint density at radius 3 is 1.12 bits per heavy atom. The summed E-state index contributed by atoms with van der Waals surface area (Å²) < 4.78 is 183. The number of allylic oxidation sites excluding steroid dienone is 1. The standard InChI is InChI=1S/C48H26Cl2F12N6O8.C3H5Cl.C3H9NO/c49-27-15-23(47(57,58)59)7-13-37(27)75-25-9-11-35(33(55)17-25)65-19-63(21-67(45(65)73)41(69)39-29(51)3-1-4-30(39)52)43(71)44(72)64-20-66(46(74)68(22-64)42(70)40-31(53)5-2-6-32(40)54)36-12-10-26(18-34(36)56)76-38-14-8-24(16-28(38)50)48(60,61)62;1-3(2)4;1-4(2)5-3/h1-18H,19-22H2;1H2,2H3;1-3H3. The van der Waals surface area contributed by atoms with Crippen LogP contribution in [-0.4, -0.2) is 108 Å². The molecule has 0 atom stereocenters. The fourth-order valence-corrected chi connectivity index (χ4v) is 7.92. The van der Waals surface area contributed by atoms with Crippen molar-refractivity contribution in [3.8, 4) is 23.0 Å². The van der Waals surface area contributed by atoms with Gasteiger partial charge in [0.2, 0.25) is 0 Å². The number of amides is 8. The smallest absolute Gasteiger partial charge is 0.416 e. The molecule has 0 aromatic heterocycles. The van der Waals surface area contributed by atoms with Crippen molar-refractivity contribution in [1.29, 1.82) is 0 Å². The summed E-state index contributed by atoms with van der Waals surface area (Å²) >= 11 is 17.0. The number of imide groups is 2. The van der Waals surface area contributed by atoms with Crippen LogP contribution in [0.2, 0.25) is 10.0 Å². The number of halogens is 15. The van der Waals surface area contributed by atoms with Crippen LogP contribution in [0.5, 0.6) is 23.0 Å². The number of hydrogen-bond acceptors (Lipinski definition) is 10. The average Bonchev–Trinajstić information content (AvgIpc) is 1.40. The summed E-state index contributed by atoms with van der Waals surface area (Å²) in [7, 11) is 5.29. The topological polar surface area (TPSA) is 153 Å². The fraction of sp³-hybridized carbons (Fsp3) is 0.185. The second kappa shape index (κ2) is 27.0. The molecule has 8 rings (SSSR count). The zero-order chi connectivity index (χ0) is 63.2. The lowest BCUT2D eigenvalue weighted by Crippen LogP contribution is -2.66. The molecule has 0 bridgehead atoms. The van der Waals surface area contributed by atoms with E-state index in [0.717, 1.165) is 48.5 Å². The third-order valence-corrected chi connectivity index (χ3v) is 12.1. The Balaban J connectivity index is 0.00000120. The Morgan fingerprint density at radius 1 is 0.529 bits per heavy atom. The van der Waals surface area contributed by atoms with Gasteiger partial charge in [0.05, 0.1) is 39.7 Å². The van der Waals surface area contributed by atoms with Crippen molar-refractivity contribution < 1.29 is 95.8 Å². The molecule has 0 aliphatic carbocycles. The SMILES string of the molecule is C=C(C)Cl.CON(C)C.O=C(C(=O)N1CN(C(=O)c2c(F)cccc2F)C(=O)N(c2ccc(Oc3ccc(C(F)(F)F)cc3Cl)cc2F)C1)N1CN(C(=O)c2c(F)cccc2F)C(=O)N(c2ccc(Oc3ccc(C(F)(F)F)cc3Cl)cc2F)C1. The minimum atomic E-state index is -4.80. The number of hydroxylamine groups is 2. The van der Waals surface area contributed by atoms with E-state index in [9.17, 15) is 55.1 Å². The van der Waals surface area contributed by atoms with Crippen LogP contribution in [0.1, 0.15) is 38.8 Å². The largest absolute Gasteiger partial charge is 0.456 e. The van der Waals surface area contributed by atoms with Gasteiger partial charge in [0.1, 0.15) is 84.1 Å². The summed E-state index contributed by atoms with van der Waals surface area (Å²) in [5.41, 5.74) is -6.69. The molecule has 2 heterocycles. The second-order valence-corrected chi connectivity index (χ2v) is 19.2. The van der Waals surface area contributed by atoms with Gasteiger partial charge in [-0.3, -0.25) is 38.8 Å². The fourth-order valence-electron chi connectivity index (χ4n) is 7.48. The highest BCUT2D eigenvalue weighted by molar-refractivity contribution is 6.35. The molecule has 2 aliphatic rings. The number of alkyl halides is 6. The third kappa shape index (κ3) is 15.6. The summed E-state index contributed by atoms with van der Waals surface area (Å²) in [6.45, 7) is 0.0185. The van der Waals surface area contributed by atoms with Crippen molar-refractivity contribution in [3.63, 3.8) is 0 Å². The van der Waals surface area contributed by atoms with Crippen molar-refractivity contribution in [1.82, 2.24) is 24.7 Å². The molecule has 2 saturated heterocycles. The van der Waals surface area contributed by atoms with Crippen LogP contribution in [0.25, 0.3) is 0 Å². The van der Waals surface area contributed by atoms with E-state index in [1.165, 1.54) is 0 Å². The highest BCUT2D eigenvalue weighted by Crippen LogP contribution is 2.40. The first-order valence-corrected chi connectivity index (χ1v) is 24.8. The van der Waals surface area contributed by atoms with Gasteiger partial charge in [-0.1, -0.05) is 53.5 Å². The molecule has 0 saturated carbocycles. The minimum Gasteiger partial charge on any atom is -0.456 e. The molecule has 0 radical (unpaired) electrons. The normalized spacial score (nSPS) is 13.7. The van der Waals surface area contributed by atoms with E-state index >= 15 is 26.3 Å². The number of nitrogens with zero attached hydrogens (tertiary/aromatic N) is 7. The van der Waals surface area contributed by atoms with Gasteiger partial charge in [-0.25, -0.2) is 45.7 Å². The Labute approximate surface area is 488 Å². The summed E-state index contributed by atoms with van der Waals surface area (Å²) in [5, 5.41) is 1.13. The van der Waals surface area contributed by atoms with Gasteiger partial charge >= 0.3 is 36.2 Å². The first-order chi connectivity index (χ1) is 39.7. The van der Waals surface area contributed by atoms with E-state index in [4.69, 9.17) is 44.3 Å². The predicted molar refractivity (Wildman–Crippen MR) is 281 cm³/mol. The van der Waals surface area contributed by atoms with Gasteiger partial charge in [-0.05, 0) is 91.9 Å². The Hall–Kier alpha value is -8.57. The van der Waals surface area contributed by atoms with E-state index in [-0.39, 0.29) is 9.80 Å². The van der Waals surface area contributed by atoms with E-state index in [1.807, 2.05) is 14.1 Å². The Morgan fingerprint density at radius 2 is 0.847 bits per heavy atom. The summed E-state index contributed by atoms with van der Waals surface area (Å²) in [5.74, 6) is -17.8. The van der Waals surface area contributed by atoms with Gasteiger partial charge in [0.15, 0.2) is 11.6 Å². The van der Waals surface area contributed by atoms with Crippen molar-refractivity contribution >= 4 is 81.9 Å². The lowest BCUT2D eigenvalue weighted by Gasteiger charge is -2.43. The van der Waals surface area contributed by atoms with Crippen LogP contribution in [0, 0.1) is 34.9 Å². The van der Waals surface area contributed by atoms with Crippen LogP contribution >= 0.6 is 34.8 Å². The molecule has 0 unspecified atom stereocenters. The first-order valence-electron chi connectivity index (χ1n) is 23.7. The molecule has 2 fully saturated rings. The summed E-state index contributed by atoms with van der Waals surface area (Å²) in [6, 6.07) is 9.58. The van der Waals surface area contributed by atoms with Crippen LogP contribution in [-0.2, 0) is 26.8 Å². The molecular weight excluding hydrogens is 1220 g/mol. The minimum absolute atomic E-state index is 0.0156. The Kier molecular flexibility index (Phi) is 20.8. The lowest BCUT2D eigenvalue weighted by molar-refractivity contribution is -0.154. The number of urea groups is 2. The van der Waals surface area contributed by atoms with E-state index in [0.29, 0.717) is 85.3 Å². The van der Waals surface area contributed by atoms with Crippen LogP contribution in [0.15, 0.2) is 121 Å². The summed E-state index contributed by atoms with van der Waals surface area (Å²) in [6.07, 6.45) is -9.60. The van der Waals surface area contributed by atoms with Crippen molar-refractivity contribution in [2.75, 3.05) is 57.7 Å². The summed E-state index contributed by atoms with van der Waals surface area (Å²) in [4.78, 5) is 90.5. The quantitative estimate of drug-likeness (QED) is 0.0777. The number of benzene rings is 6. The first kappa shape index (κ1) is 65.6. The number of carbonyl (C=O) groups is 6.